The Kier molecular flexibility index (Phi) is 4.02. The maximum absolute atomic E-state index is 11.5. The fourth-order valence-corrected chi connectivity index (χ4v) is 3.95. The number of hydrogen-bond donors (Lipinski definition) is 1. The molecule has 100 valence electrons. The SMILES string of the molecule is COc1cc(NC2CCCS(=O)(=O)C2)ccc1Cl. The summed E-state index contributed by atoms with van der Waals surface area (Å²) in [4.78, 5) is 0. The van der Waals surface area contributed by atoms with E-state index in [0.717, 1.165) is 12.1 Å². The van der Waals surface area contributed by atoms with Crippen LogP contribution in [-0.4, -0.2) is 33.1 Å². The summed E-state index contributed by atoms with van der Waals surface area (Å²) in [5.74, 6) is 1.08. The lowest BCUT2D eigenvalue weighted by Crippen LogP contribution is -2.34. The van der Waals surface area contributed by atoms with Crippen LogP contribution in [0.15, 0.2) is 18.2 Å². The summed E-state index contributed by atoms with van der Waals surface area (Å²) >= 11 is 5.94. The van der Waals surface area contributed by atoms with Crippen molar-refractivity contribution in [3.63, 3.8) is 0 Å². The van der Waals surface area contributed by atoms with Crippen LogP contribution in [0.25, 0.3) is 0 Å². The first-order valence-electron chi connectivity index (χ1n) is 5.81. The summed E-state index contributed by atoms with van der Waals surface area (Å²) in [5, 5.41) is 3.76. The highest BCUT2D eigenvalue weighted by molar-refractivity contribution is 7.91. The van der Waals surface area contributed by atoms with Crippen molar-refractivity contribution >= 4 is 27.1 Å². The average Bonchev–Trinajstić information content (AvgIpc) is 2.30. The maximum atomic E-state index is 11.5. The van der Waals surface area contributed by atoms with E-state index in [1.807, 2.05) is 6.07 Å². The predicted molar refractivity (Wildman–Crippen MR) is 73.3 cm³/mol. The largest absolute Gasteiger partial charge is 0.495 e. The maximum Gasteiger partial charge on any atom is 0.152 e. The number of nitrogens with one attached hydrogen (secondary N) is 1. The van der Waals surface area contributed by atoms with E-state index in [2.05, 4.69) is 5.32 Å². The number of halogens is 1. The van der Waals surface area contributed by atoms with Gasteiger partial charge in [-0.3, -0.25) is 0 Å². The smallest absolute Gasteiger partial charge is 0.152 e. The van der Waals surface area contributed by atoms with Gasteiger partial charge in [0.25, 0.3) is 0 Å². The highest BCUT2D eigenvalue weighted by atomic mass is 35.5. The molecule has 1 unspecified atom stereocenters. The van der Waals surface area contributed by atoms with E-state index >= 15 is 0 Å². The minimum atomic E-state index is -2.90. The molecular formula is C12H16ClNO3S. The zero-order chi connectivity index (χ0) is 13.2. The Labute approximate surface area is 112 Å². The lowest BCUT2D eigenvalue weighted by molar-refractivity contribution is 0.415. The Morgan fingerprint density at radius 3 is 2.89 bits per heavy atom. The van der Waals surface area contributed by atoms with Gasteiger partial charge >= 0.3 is 0 Å². The highest BCUT2D eigenvalue weighted by Crippen LogP contribution is 2.28. The predicted octanol–water partition coefficient (Wildman–Crippen LogP) is 2.34. The molecular weight excluding hydrogens is 274 g/mol. The standard InChI is InChI=1S/C12H16ClNO3S/c1-17-12-7-9(4-5-11(12)13)14-10-3-2-6-18(15,16)8-10/h4-5,7,10,14H,2-3,6,8H2,1H3. The highest BCUT2D eigenvalue weighted by Gasteiger charge is 2.24. The molecule has 2 rings (SSSR count). The first kappa shape index (κ1) is 13.5. The molecule has 18 heavy (non-hydrogen) atoms. The minimum Gasteiger partial charge on any atom is -0.495 e. The molecule has 4 nitrogen and oxygen atoms in total. The molecule has 1 aliphatic heterocycles. The van der Waals surface area contributed by atoms with Gasteiger partial charge in [0.2, 0.25) is 0 Å². The summed E-state index contributed by atoms with van der Waals surface area (Å²) < 4.78 is 28.2. The van der Waals surface area contributed by atoms with E-state index in [9.17, 15) is 8.42 Å². The van der Waals surface area contributed by atoms with Gasteiger partial charge in [0.1, 0.15) is 5.75 Å². The second kappa shape index (κ2) is 5.36. The second-order valence-electron chi connectivity index (χ2n) is 4.45. The van der Waals surface area contributed by atoms with Gasteiger partial charge in [-0.25, -0.2) is 8.42 Å². The molecule has 1 aromatic carbocycles. The normalized spacial score (nSPS) is 22.4. The van der Waals surface area contributed by atoms with Crippen LogP contribution in [0.2, 0.25) is 5.02 Å². The molecule has 0 aromatic heterocycles. The van der Waals surface area contributed by atoms with Gasteiger partial charge in [0, 0.05) is 17.8 Å². The van der Waals surface area contributed by atoms with Crippen LogP contribution in [0.1, 0.15) is 12.8 Å². The van der Waals surface area contributed by atoms with Crippen molar-refractivity contribution in [1.29, 1.82) is 0 Å². The minimum absolute atomic E-state index is 0.0327. The van der Waals surface area contributed by atoms with E-state index in [-0.39, 0.29) is 11.8 Å². The Balaban J connectivity index is 2.09. The van der Waals surface area contributed by atoms with Gasteiger partial charge in [-0.1, -0.05) is 11.6 Å². The van der Waals surface area contributed by atoms with Crippen molar-refractivity contribution in [2.24, 2.45) is 0 Å². The van der Waals surface area contributed by atoms with E-state index in [1.165, 1.54) is 0 Å². The molecule has 0 spiro atoms. The molecule has 1 N–H and O–H groups in total. The number of sulfone groups is 1. The zero-order valence-electron chi connectivity index (χ0n) is 10.1. The topological polar surface area (TPSA) is 55.4 Å². The summed E-state index contributed by atoms with van der Waals surface area (Å²) in [6.07, 6.45) is 1.58. The molecule has 6 heteroatoms. The third-order valence-electron chi connectivity index (χ3n) is 2.98. The van der Waals surface area contributed by atoms with E-state index in [0.29, 0.717) is 22.9 Å². The molecule has 1 heterocycles. The molecule has 0 radical (unpaired) electrons. The van der Waals surface area contributed by atoms with Crippen LogP contribution >= 0.6 is 11.6 Å². The number of methoxy groups -OCH3 is 1. The van der Waals surface area contributed by atoms with Gasteiger partial charge < -0.3 is 10.1 Å². The van der Waals surface area contributed by atoms with E-state index in [4.69, 9.17) is 16.3 Å². The molecule has 0 saturated carbocycles. The van der Waals surface area contributed by atoms with Crippen molar-refractivity contribution in [1.82, 2.24) is 0 Å². The molecule has 0 amide bonds. The van der Waals surface area contributed by atoms with Crippen molar-refractivity contribution in [2.45, 2.75) is 18.9 Å². The van der Waals surface area contributed by atoms with E-state index < -0.39 is 9.84 Å². The molecule has 0 aliphatic carbocycles. The second-order valence-corrected chi connectivity index (χ2v) is 7.08. The van der Waals surface area contributed by atoms with Gasteiger partial charge in [0.05, 0.1) is 23.6 Å². The lowest BCUT2D eigenvalue weighted by atomic mass is 10.1. The van der Waals surface area contributed by atoms with Crippen LogP contribution in [-0.2, 0) is 9.84 Å². The number of ether oxygens (including phenoxy) is 1. The lowest BCUT2D eigenvalue weighted by Gasteiger charge is -2.24. The molecule has 1 aromatic rings. The first-order chi connectivity index (χ1) is 8.50. The van der Waals surface area contributed by atoms with Gasteiger partial charge in [-0.2, -0.15) is 0 Å². The summed E-state index contributed by atoms with van der Waals surface area (Å²) in [6, 6.07) is 5.31. The Hall–Kier alpha value is -0.940. The molecule has 0 bridgehead atoms. The van der Waals surface area contributed by atoms with Crippen LogP contribution in [0.3, 0.4) is 0 Å². The number of benzene rings is 1. The monoisotopic (exact) mass is 289 g/mol. The van der Waals surface area contributed by atoms with Crippen molar-refractivity contribution in [2.75, 3.05) is 23.9 Å². The molecule has 1 saturated heterocycles. The zero-order valence-corrected chi connectivity index (χ0v) is 11.7. The van der Waals surface area contributed by atoms with Crippen molar-refractivity contribution in [3.05, 3.63) is 23.2 Å². The van der Waals surface area contributed by atoms with Crippen molar-refractivity contribution < 1.29 is 13.2 Å². The summed E-state index contributed by atoms with van der Waals surface area (Å²) in [5.41, 5.74) is 0.832. The fraction of sp³-hybridized carbons (Fsp3) is 0.500. The van der Waals surface area contributed by atoms with Gasteiger partial charge in [-0.05, 0) is 25.0 Å². The van der Waals surface area contributed by atoms with Gasteiger partial charge in [0.15, 0.2) is 9.84 Å². The van der Waals surface area contributed by atoms with Crippen LogP contribution in [0, 0.1) is 0 Å². The molecule has 1 fully saturated rings. The Morgan fingerprint density at radius 1 is 1.44 bits per heavy atom. The van der Waals surface area contributed by atoms with Crippen LogP contribution in [0.4, 0.5) is 5.69 Å². The van der Waals surface area contributed by atoms with E-state index in [1.54, 1.807) is 19.2 Å². The average molecular weight is 290 g/mol. The van der Waals surface area contributed by atoms with Crippen LogP contribution < -0.4 is 10.1 Å². The summed E-state index contributed by atoms with van der Waals surface area (Å²) in [7, 11) is -1.34. The fourth-order valence-electron chi connectivity index (χ4n) is 2.12. The Morgan fingerprint density at radius 2 is 2.22 bits per heavy atom. The number of hydrogen-bond acceptors (Lipinski definition) is 4. The third kappa shape index (κ3) is 3.29. The molecule has 1 aliphatic rings. The first-order valence-corrected chi connectivity index (χ1v) is 8.00. The summed E-state index contributed by atoms with van der Waals surface area (Å²) in [6.45, 7) is 0. The Bertz CT molecular complexity index is 530. The number of anilines is 1. The van der Waals surface area contributed by atoms with Crippen molar-refractivity contribution in [3.8, 4) is 5.75 Å². The van der Waals surface area contributed by atoms with Gasteiger partial charge in [-0.15, -0.1) is 0 Å². The van der Waals surface area contributed by atoms with Crippen LogP contribution in [0.5, 0.6) is 5.75 Å². The number of rotatable bonds is 3. The third-order valence-corrected chi connectivity index (χ3v) is 5.12. The molecule has 1 atom stereocenters. The quantitative estimate of drug-likeness (QED) is 0.928.